The molecule has 0 unspecified atom stereocenters. The van der Waals surface area contributed by atoms with Crippen molar-refractivity contribution in [3.05, 3.63) is 156 Å². The summed E-state index contributed by atoms with van der Waals surface area (Å²) in [6, 6.07) is 43.8. The monoisotopic (exact) mass is 566 g/mol. The first-order valence-corrected chi connectivity index (χ1v) is 14.3. The number of anilines is 2. The Hall–Kier alpha value is -5.36. The Balaban J connectivity index is 1.48. The van der Waals surface area contributed by atoms with Gasteiger partial charge in [0.25, 0.3) is 11.8 Å². The van der Waals surface area contributed by atoms with E-state index in [-0.39, 0.29) is 11.8 Å². The van der Waals surface area contributed by atoms with Crippen molar-refractivity contribution in [1.29, 1.82) is 0 Å². The van der Waals surface area contributed by atoms with Crippen LogP contribution in [0.3, 0.4) is 0 Å². The van der Waals surface area contributed by atoms with Gasteiger partial charge in [0.1, 0.15) is 17.0 Å². The first kappa shape index (κ1) is 26.5. The van der Waals surface area contributed by atoms with Gasteiger partial charge in [-0.25, -0.2) is 0 Å². The summed E-state index contributed by atoms with van der Waals surface area (Å²) in [7, 11) is 1.63. The number of hydrogen-bond acceptors (Lipinski definition) is 4. The van der Waals surface area contributed by atoms with Crippen LogP contribution in [0.1, 0.15) is 33.9 Å². The molecule has 212 valence electrons. The number of fused-ring (bicyclic) bond motifs is 3. The molecule has 0 aromatic heterocycles. The van der Waals surface area contributed by atoms with Crippen LogP contribution in [0.5, 0.6) is 11.5 Å². The molecule has 1 saturated heterocycles. The third-order valence-corrected chi connectivity index (χ3v) is 8.49. The molecule has 0 aliphatic carbocycles. The SMILES string of the molecule is COc1ccc([C@@H]2C[C@@]3(c4ccccc4)[C@H](Oc4ccccc4)C(=O)N3c3ccccc3N2C(=O)c2ccccc2)cc1. The predicted octanol–water partition coefficient (Wildman–Crippen LogP) is 7.18. The van der Waals surface area contributed by atoms with Crippen molar-refractivity contribution in [2.24, 2.45) is 0 Å². The Labute approximate surface area is 250 Å². The number of para-hydroxylation sites is 3. The Morgan fingerprint density at radius 2 is 1.28 bits per heavy atom. The highest BCUT2D eigenvalue weighted by molar-refractivity contribution is 6.14. The molecule has 2 heterocycles. The molecule has 6 heteroatoms. The molecule has 2 aliphatic heterocycles. The van der Waals surface area contributed by atoms with Crippen LogP contribution >= 0.6 is 0 Å². The van der Waals surface area contributed by atoms with Crippen LogP contribution in [0.2, 0.25) is 0 Å². The summed E-state index contributed by atoms with van der Waals surface area (Å²) in [5.41, 5.74) is 2.87. The van der Waals surface area contributed by atoms with E-state index >= 15 is 0 Å². The van der Waals surface area contributed by atoms with Gasteiger partial charge in [0.05, 0.1) is 24.5 Å². The number of β-lactam (4-membered cyclic amide) rings is 1. The molecule has 6 nitrogen and oxygen atoms in total. The Morgan fingerprint density at radius 3 is 1.93 bits per heavy atom. The fourth-order valence-corrected chi connectivity index (χ4v) is 6.48. The number of amides is 2. The van der Waals surface area contributed by atoms with Gasteiger partial charge in [-0.2, -0.15) is 0 Å². The minimum Gasteiger partial charge on any atom is -0.497 e. The van der Waals surface area contributed by atoms with E-state index in [0.717, 1.165) is 16.9 Å². The Bertz CT molecular complexity index is 1760. The zero-order valence-electron chi connectivity index (χ0n) is 23.7. The molecule has 0 spiro atoms. The summed E-state index contributed by atoms with van der Waals surface area (Å²) in [5, 5.41) is 0. The van der Waals surface area contributed by atoms with E-state index < -0.39 is 17.7 Å². The van der Waals surface area contributed by atoms with E-state index in [1.807, 2.05) is 149 Å². The van der Waals surface area contributed by atoms with Crippen LogP contribution in [-0.4, -0.2) is 25.0 Å². The molecule has 1 fully saturated rings. The molecule has 0 radical (unpaired) electrons. The van der Waals surface area contributed by atoms with E-state index in [2.05, 4.69) is 0 Å². The maximum absolute atomic E-state index is 14.5. The summed E-state index contributed by atoms with van der Waals surface area (Å²) in [4.78, 5) is 32.5. The molecule has 5 aromatic carbocycles. The highest BCUT2D eigenvalue weighted by atomic mass is 16.5. The van der Waals surface area contributed by atoms with Gasteiger partial charge in [-0.15, -0.1) is 0 Å². The lowest BCUT2D eigenvalue weighted by Gasteiger charge is -2.56. The van der Waals surface area contributed by atoms with Crippen LogP contribution in [0.25, 0.3) is 0 Å². The van der Waals surface area contributed by atoms with E-state index in [1.165, 1.54) is 0 Å². The molecular formula is C37H30N2O4. The maximum Gasteiger partial charge on any atom is 0.271 e. The number of hydrogen-bond donors (Lipinski definition) is 0. The molecule has 7 rings (SSSR count). The lowest BCUT2D eigenvalue weighted by molar-refractivity contribution is -0.142. The summed E-state index contributed by atoms with van der Waals surface area (Å²) in [6.07, 6.45) is -0.405. The first-order valence-electron chi connectivity index (χ1n) is 14.3. The molecule has 43 heavy (non-hydrogen) atoms. The predicted molar refractivity (Wildman–Crippen MR) is 167 cm³/mol. The number of carbonyl (C=O) groups excluding carboxylic acids is 2. The van der Waals surface area contributed by atoms with Crippen LogP contribution in [-0.2, 0) is 10.3 Å². The van der Waals surface area contributed by atoms with E-state index in [1.54, 1.807) is 7.11 Å². The normalized spacial score (nSPS) is 20.7. The molecule has 3 atom stereocenters. The molecule has 0 saturated carbocycles. The first-order chi connectivity index (χ1) is 21.1. The van der Waals surface area contributed by atoms with Gasteiger partial charge < -0.3 is 9.47 Å². The summed E-state index contributed by atoms with van der Waals surface area (Å²) >= 11 is 0. The van der Waals surface area contributed by atoms with Crippen molar-refractivity contribution < 1.29 is 19.1 Å². The number of benzene rings is 5. The highest BCUT2D eigenvalue weighted by Gasteiger charge is 2.66. The smallest absolute Gasteiger partial charge is 0.271 e. The second-order valence-corrected chi connectivity index (χ2v) is 10.8. The minimum absolute atomic E-state index is 0.146. The van der Waals surface area contributed by atoms with Crippen LogP contribution < -0.4 is 19.3 Å². The Kier molecular flexibility index (Phi) is 6.67. The van der Waals surface area contributed by atoms with Gasteiger partial charge in [0.15, 0.2) is 0 Å². The van der Waals surface area contributed by atoms with Crippen molar-refractivity contribution in [2.75, 3.05) is 16.9 Å². The quantitative estimate of drug-likeness (QED) is 0.204. The average molecular weight is 567 g/mol. The third-order valence-electron chi connectivity index (χ3n) is 8.49. The van der Waals surface area contributed by atoms with Crippen LogP contribution in [0.15, 0.2) is 140 Å². The molecule has 2 aliphatic rings. The highest BCUT2D eigenvalue weighted by Crippen LogP contribution is 2.57. The van der Waals surface area contributed by atoms with Gasteiger partial charge >= 0.3 is 0 Å². The fraction of sp³-hybridized carbons (Fsp3) is 0.135. The lowest BCUT2D eigenvalue weighted by atomic mass is 9.70. The summed E-state index contributed by atoms with van der Waals surface area (Å²) in [6.45, 7) is 0. The number of rotatable bonds is 6. The third kappa shape index (κ3) is 4.34. The van der Waals surface area contributed by atoms with Crippen molar-refractivity contribution in [1.82, 2.24) is 0 Å². The van der Waals surface area contributed by atoms with E-state index in [9.17, 15) is 9.59 Å². The largest absolute Gasteiger partial charge is 0.497 e. The Morgan fingerprint density at radius 1 is 0.698 bits per heavy atom. The van der Waals surface area contributed by atoms with E-state index in [0.29, 0.717) is 29.1 Å². The minimum atomic E-state index is -0.902. The fourth-order valence-electron chi connectivity index (χ4n) is 6.48. The maximum atomic E-state index is 14.5. The van der Waals surface area contributed by atoms with Gasteiger partial charge in [0.2, 0.25) is 6.10 Å². The zero-order chi connectivity index (χ0) is 29.4. The number of methoxy groups -OCH3 is 1. The van der Waals surface area contributed by atoms with Crippen molar-refractivity contribution in [3.8, 4) is 11.5 Å². The second-order valence-electron chi connectivity index (χ2n) is 10.8. The van der Waals surface area contributed by atoms with Gasteiger partial charge in [-0.1, -0.05) is 91.0 Å². The molecule has 5 aromatic rings. The summed E-state index contributed by atoms with van der Waals surface area (Å²) < 4.78 is 12.0. The number of carbonyl (C=O) groups is 2. The van der Waals surface area contributed by atoms with Crippen LogP contribution in [0.4, 0.5) is 11.4 Å². The number of ether oxygens (including phenoxy) is 2. The van der Waals surface area contributed by atoms with Gasteiger partial charge in [-0.05, 0) is 59.7 Å². The topological polar surface area (TPSA) is 59.1 Å². The number of nitrogens with zero attached hydrogens (tertiary/aromatic N) is 2. The summed E-state index contributed by atoms with van der Waals surface area (Å²) in [5.74, 6) is 1.05. The van der Waals surface area contributed by atoms with E-state index in [4.69, 9.17) is 9.47 Å². The van der Waals surface area contributed by atoms with Crippen molar-refractivity contribution in [2.45, 2.75) is 24.1 Å². The van der Waals surface area contributed by atoms with Crippen molar-refractivity contribution >= 4 is 23.2 Å². The molecular weight excluding hydrogens is 536 g/mol. The van der Waals surface area contributed by atoms with Crippen LogP contribution in [0, 0.1) is 0 Å². The van der Waals surface area contributed by atoms with Gasteiger partial charge in [-0.3, -0.25) is 19.4 Å². The lowest BCUT2D eigenvalue weighted by Crippen LogP contribution is -2.74. The molecule has 0 N–H and O–H groups in total. The standard InChI is InChI=1S/C37H30N2O4/c1-42-29-23-21-26(22-24-29)33-25-37(28-15-7-3-8-16-28)34(43-30-17-9-4-10-18-30)36(41)39(37)32-20-12-11-19-31(32)38(33)35(40)27-13-5-2-6-14-27/h2-24,33-34H,25H2,1H3/t33-,34+,37+/m0/s1. The molecule has 0 bridgehead atoms. The second kappa shape index (κ2) is 10.8. The van der Waals surface area contributed by atoms with Gasteiger partial charge in [0, 0.05) is 12.0 Å². The van der Waals surface area contributed by atoms with Crippen molar-refractivity contribution in [3.63, 3.8) is 0 Å². The zero-order valence-corrected chi connectivity index (χ0v) is 23.7. The molecule has 2 amide bonds. The average Bonchev–Trinajstić information content (AvgIpc) is 3.19.